The Morgan fingerprint density at radius 1 is 1.15 bits per heavy atom. The smallest absolute Gasteiger partial charge is 0.229 e. The molecule has 0 atom stereocenters. The van der Waals surface area contributed by atoms with Gasteiger partial charge in [-0.25, -0.2) is 0 Å². The molecule has 5 heteroatoms. The maximum Gasteiger partial charge on any atom is 0.229 e. The van der Waals surface area contributed by atoms with Crippen molar-refractivity contribution in [2.45, 2.75) is 39.3 Å². The first-order chi connectivity index (χ1) is 9.31. The number of methoxy groups -OCH3 is 1. The molecule has 0 saturated heterocycles. The molecule has 0 spiro atoms. The highest BCUT2D eigenvalue weighted by Crippen LogP contribution is 2.16. The van der Waals surface area contributed by atoms with Crippen LogP contribution in [0.25, 0.3) is 0 Å². The minimum Gasteiger partial charge on any atom is -0.496 e. The molecule has 0 bridgehead atoms. The van der Waals surface area contributed by atoms with Crippen LogP contribution in [0.3, 0.4) is 0 Å². The van der Waals surface area contributed by atoms with Crippen LogP contribution >= 0.6 is 0 Å². The molecule has 0 heterocycles. The minimum atomic E-state index is -0.333. The number of ether oxygens (including phenoxy) is 1. The van der Waals surface area contributed by atoms with Gasteiger partial charge in [0, 0.05) is 17.6 Å². The standard InChI is InChI=1S/C15H22N2O3/c1-15(2,3)17-14(19)9-13(18)16-10-11-7-5-6-8-12(11)20-4/h5-8H,9-10H2,1-4H3,(H,16,18)(H,17,19). The van der Waals surface area contributed by atoms with Crippen LogP contribution in [0.4, 0.5) is 0 Å². The number of amides is 2. The summed E-state index contributed by atoms with van der Waals surface area (Å²) in [6.07, 6.45) is -0.174. The summed E-state index contributed by atoms with van der Waals surface area (Å²) in [5.41, 5.74) is 0.541. The molecule has 2 N–H and O–H groups in total. The van der Waals surface area contributed by atoms with Gasteiger partial charge in [-0.2, -0.15) is 0 Å². The molecule has 0 aliphatic rings. The number of hydrogen-bond acceptors (Lipinski definition) is 3. The van der Waals surface area contributed by atoms with Crippen molar-refractivity contribution < 1.29 is 14.3 Å². The Balaban J connectivity index is 2.46. The molecule has 0 aliphatic carbocycles. The van der Waals surface area contributed by atoms with Crippen LogP contribution < -0.4 is 15.4 Å². The predicted molar refractivity (Wildman–Crippen MR) is 77.4 cm³/mol. The van der Waals surface area contributed by atoms with Gasteiger partial charge in [0.15, 0.2) is 0 Å². The van der Waals surface area contributed by atoms with Crippen molar-refractivity contribution in [1.82, 2.24) is 10.6 Å². The van der Waals surface area contributed by atoms with Crippen molar-refractivity contribution >= 4 is 11.8 Å². The van der Waals surface area contributed by atoms with E-state index in [4.69, 9.17) is 4.74 Å². The number of carbonyl (C=O) groups excluding carboxylic acids is 2. The average molecular weight is 278 g/mol. The third-order valence-corrected chi connectivity index (χ3v) is 2.50. The number of para-hydroxylation sites is 1. The number of rotatable bonds is 5. The number of hydrogen-bond donors (Lipinski definition) is 2. The highest BCUT2D eigenvalue weighted by Gasteiger charge is 2.16. The molecular formula is C15H22N2O3. The Kier molecular flexibility index (Phi) is 5.55. The lowest BCUT2D eigenvalue weighted by molar-refractivity contribution is -0.130. The molecule has 0 unspecified atom stereocenters. The zero-order valence-electron chi connectivity index (χ0n) is 12.4. The lowest BCUT2D eigenvalue weighted by Gasteiger charge is -2.20. The maximum absolute atomic E-state index is 11.7. The van der Waals surface area contributed by atoms with Gasteiger partial charge < -0.3 is 15.4 Å². The second-order valence-electron chi connectivity index (χ2n) is 5.56. The summed E-state index contributed by atoms with van der Waals surface area (Å²) in [5, 5.41) is 5.46. The molecule has 0 fully saturated rings. The summed E-state index contributed by atoms with van der Waals surface area (Å²) >= 11 is 0. The lowest BCUT2D eigenvalue weighted by atomic mass is 10.1. The van der Waals surface area contributed by atoms with Gasteiger partial charge in [0.1, 0.15) is 12.2 Å². The molecule has 1 rings (SSSR count). The van der Waals surface area contributed by atoms with E-state index in [2.05, 4.69) is 10.6 Å². The van der Waals surface area contributed by atoms with E-state index in [9.17, 15) is 9.59 Å². The van der Waals surface area contributed by atoms with Crippen molar-refractivity contribution in [1.29, 1.82) is 0 Å². The van der Waals surface area contributed by atoms with Gasteiger partial charge in [0.2, 0.25) is 11.8 Å². The number of benzene rings is 1. The minimum absolute atomic E-state index is 0.174. The SMILES string of the molecule is COc1ccccc1CNC(=O)CC(=O)NC(C)(C)C. The first-order valence-electron chi connectivity index (χ1n) is 6.51. The largest absolute Gasteiger partial charge is 0.496 e. The number of carbonyl (C=O) groups is 2. The van der Waals surface area contributed by atoms with Crippen LogP contribution in [0.15, 0.2) is 24.3 Å². The van der Waals surface area contributed by atoms with Gasteiger partial charge >= 0.3 is 0 Å². The van der Waals surface area contributed by atoms with Gasteiger partial charge in [-0.1, -0.05) is 18.2 Å². The summed E-state index contributed by atoms with van der Waals surface area (Å²) in [6.45, 7) is 5.96. The van der Waals surface area contributed by atoms with Crippen LogP contribution in [-0.2, 0) is 16.1 Å². The molecule has 5 nitrogen and oxygen atoms in total. The average Bonchev–Trinajstić information content (AvgIpc) is 2.34. The summed E-state index contributed by atoms with van der Waals surface area (Å²) in [5.74, 6) is 0.125. The monoisotopic (exact) mass is 278 g/mol. The van der Waals surface area contributed by atoms with E-state index < -0.39 is 0 Å². The van der Waals surface area contributed by atoms with E-state index in [0.29, 0.717) is 12.3 Å². The quantitative estimate of drug-likeness (QED) is 0.804. The second kappa shape index (κ2) is 6.93. The van der Waals surface area contributed by atoms with Crippen molar-refractivity contribution in [3.63, 3.8) is 0 Å². The molecule has 0 aromatic heterocycles. The molecule has 2 amide bonds. The van der Waals surface area contributed by atoms with E-state index in [1.807, 2.05) is 45.0 Å². The van der Waals surface area contributed by atoms with Crippen LogP contribution in [0, 0.1) is 0 Å². The highest BCUT2D eigenvalue weighted by molar-refractivity contribution is 5.97. The Hall–Kier alpha value is -2.04. The maximum atomic E-state index is 11.7. The lowest BCUT2D eigenvalue weighted by Crippen LogP contribution is -2.42. The topological polar surface area (TPSA) is 67.4 Å². The van der Waals surface area contributed by atoms with Gasteiger partial charge in [0.25, 0.3) is 0 Å². The summed E-state index contributed by atoms with van der Waals surface area (Å²) in [7, 11) is 1.58. The summed E-state index contributed by atoms with van der Waals surface area (Å²) in [4.78, 5) is 23.3. The molecule has 0 radical (unpaired) electrons. The zero-order valence-corrected chi connectivity index (χ0v) is 12.4. The summed E-state index contributed by atoms with van der Waals surface area (Å²) < 4.78 is 5.19. The third-order valence-electron chi connectivity index (χ3n) is 2.50. The van der Waals surface area contributed by atoms with Gasteiger partial charge in [-0.3, -0.25) is 9.59 Å². The summed E-state index contributed by atoms with van der Waals surface area (Å²) in [6, 6.07) is 7.43. The van der Waals surface area contributed by atoms with Crippen LogP contribution in [0.2, 0.25) is 0 Å². The van der Waals surface area contributed by atoms with Gasteiger partial charge in [-0.05, 0) is 26.8 Å². The molecule has 0 saturated carbocycles. The fourth-order valence-electron chi connectivity index (χ4n) is 1.71. The van der Waals surface area contributed by atoms with Crippen molar-refractivity contribution in [3.8, 4) is 5.75 Å². The molecule has 1 aromatic rings. The van der Waals surface area contributed by atoms with E-state index in [1.165, 1.54) is 0 Å². The Labute approximate surface area is 119 Å². The fraction of sp³-hybridized carbons (Fsp3) is 0.467. The highest BCUT2D eigenvalue weighted by atomic mass is 16.5. The second-order valence-corrected chi connectivity index (χ2v) is 5.56. The zero-order chi connectivity index (χ0) is 15.2. The Bertz CT molecular complexity index is 478. The molecular weight excluding hydrogens is 256 g/mol. The van der Waals surface area contributed by atoms with Crippen LogP contribution in [0.1, 0.15) is 32.8 Å². The van der Waals surface area contributed by atoms with Crippen LogP contribution in [0.5, 0.6) is 5.75 Å². The predicted octanol–water partition coefficient (Wildman–Crippen LogP) is 1.62. The van der Waals surface area contributed by atoms with E-state index in [1.54, 1.807) is 7.11 Å². The fourth-order valence-corrected chi connectivity index (χ4v) is 1.71. The number of nitrogens with one attached hydrogen (secondary N) is 2. The molecule has 0 aliphatic heterocycles. The van der Waals surface area contributed by atoms with E-state index >= 15 is 0 Å². The van der Waals surface area contributed by atoms with Crippen LogP contribution in [-0.4, -0.2) is 24.5 Å². The Morgan fingerprint density at radius 3 is 2.40 bits per heavy atom. The normalized spacial score (nSPS) is 10.8. The third kappa shape index (κ3) is 5.73. The van der Waals surface area contributed by atoms with Crippen molar-refractivity contribution in [2.75, 3.05) is 7.11 Å². The Morgan fingerprint density at radius 2 is 1.80 bits per heavy atom. The molecule has 1 aromatic carbocycles. The van der Waals surface area contributed by atoms with Crippen molar-refractivity contribution in [3.05, 3.63) is 29.8 Å². The van der Waals surface area contributed by atoms with E-state index in [0.717, 1.165) is 5.56 Å². The van der Waals surface area contributed by atoms with Crippen molar-refractivity contribution in [2.24, 2.45) is 0 Å². The van der Waals surface area contributed by atoms with E-state index in [-0.39, 0.29) is 23.8 Å². The van der Waals surface area contributed by atoms with Gasteiger partial charge in [-0.15, -0.1) is 0 Å². The molecule has 20 heavy (non-hydrogen) atoms. The first-order valence-corrected chi connectivity index (χ1v) is 6.51. The van der Waals surface area contributed by atoms with Gasteiger partial charge in [0.05, 0.1) is 7.11 Å². The molecule has 110 valence electrons. The first kappa shape index (κ1) is 16.0.